The first-order chi connectivity index (χ1) is 9.08. The first-order valence-electron chi connectivity index (χ1n) is 7.08. The summed E-state index contributed by atoms with van der Waals surface area (Å²) < 4.78 is 0. The fourth-order valence-electron chi connectivity index (χ4n) is 2.91. The number of nitro groups is 1. The Labute approximate surface area is 114 Å². The zero-order chi connectivity index (χ0) is 13.8. The number of nitrogens with one attached hydrogen (secondary N) is 1. The van der Waals surface area contributed by atoms with E-state index in [2.05, 4.69) is 19.2 Å². The Morgan fingerprint density at radius 2 is 1.84 bits per heavy atom. The molecule has 1 aliphatic carbocycles. The average Bonchev–Trinajstić information content (AvgIpc) is 2.39. The molecule has 0 heterocycles. The van der Waals surface area contributed by atoms with Crippen LogP contribution < -0.4 is 5.32 Å². The molecule has 4 nitrogen and oxygen atoms in total. The summed E-state index contributed by atoms with van der Waals surface area (Å²) in [5.41, 5.74) is 0.828. The summed E-state index contributed by atoms with van der Waals surface area (Å²) in [6, 6.07) is 7.28. The predicted molar refractivity (Wildman–Crippen MR) is 77.3 cm³/mol. The van der Waals surface area contributed by atoms with Gasteiger partial charge in [0, 0.05) is 12.1 Å². The van der Waals surface area contributed by atoms with Crippen LogP contribution >= 0.6 is 0 Å². The summed E-state index contributed by atoms with van der Waals surface area (Å²) in [5, 5.41) is 14.3. The molecule has 0 atom stereocenters. The summed E-state index contributed by atoms with van der Waals surface area (Å²) >= 11 is 0. The molecule has 2 rings (SSSR count). The topological polar surface area (TPSA) is 55.2 Å². The molecule has 4 heteroatoms. The average molecular weight is 262 g/mol. The van der Waals surface area contributed by atoms with Crippen LogP contribution in [0.25, 0.3) is 0 Å². The smallest absolute Gasteiger partial charge is 0.292 e. The fraction of sp³-hybridized carbons (Fsp3) is 0.600. The van der Waals surface area contributed by atoms with Gasteiger partial charge in [-0.25, -0.2) is 0 Å². The number of hydrogen-bond donors (Lipinski definition) is 1. The van der Waals surface area contributed by atoms with Crippen molar-refractivity contribution in [2.24, 2.45) is 11.8 Å². The molecule has 1 aromatic rings. The SMILES string of the molecule is CC(C)C1CCC(Nc2ccccc2[N+](=O)[O-])CC1. The number of rotatable bonds is 4. The van der Waals surface area contributed by atoms with Gasteiger partial charge in [-0.2, -0.15) is 0 Å². The number of para-hydroxylation sites is 2. The molecule has 1 saturated carbocycles. The molecular formula is C15H22N2O2. The summed E-state index contributed by atoms with van der Waals surface area (Å²) in [7, 11) is 0. The lowest BCUT2D eigenvalue weighted by molar-refractivity contribution is -0.384. The molecule has 0 aliphatic heterocycles. The molecule has 0 radical (unpaired) electrons. The lowest BCUT2D eigenvalue weighted by Crippen LogP contribution is -2.28. The number of nitro benzene ring substituents is 1. The molecule has 0 spiro atoms. The molecule has 1 fully saturated rings. The lowest BCUT2D eigenvalue weighted by Gasteiger charge is -2.31. The highest BCUT2D eigenvalue weighted by atomic mass is 16.6. The van der Waals surface area contributed by atoms with Gasteiger partial charge in [0.1, 0.15) is 5.69 Å². The van der Waals surface area contributed by atoms with Crippen molar-refractivity contribution in [3.63, 3.8) is 0 Å². The Kier molecular flexibility index (Phi) is 4.40. The Morgan fingerprint density at radius 1 is 1.21 bits per heavy atom. The second kappa shape index (κ2) is 6.04. The number of hydrogen-bond acceptors (Lipinski definition) is 3. The molecule has 0 unspecified atom stereocenters. The van der Waals surface area contributed by atoms with E-state index >= 15 is 0 Å². The summed E-state index contributed by atoms with van der Waals surface area (Å²) in [6.07, 6.45) is 4.65. The van der Waals surface area contributed by atoms with Gasteiger partial charge >= 0.3 is 0 Å². The monoisotopic (exact) mass is 262 g/mol. The maximum Gasteiger partial charge on any atom is 0.292 e. The molecule has 19 heavy (non-hydrogen) atoms. The van der Waals surface area contributed by atoms with E-state index in [1.165, 1.54) is 12.8 Å². The Balaban J connectivity index is 1.98. The van der Waals surface area contributed by atoms with Crippen LogP contribution in [0.5, 0.6) is 0 Å². The maximum atomic E-state index is 11.0. The number of nitrogens with zero attached hydrogens (tertiary/aromatic N) is 1. The van der Waals surface area contributed by atoms with E-state index in [1.807, 2.05) is 6.07 Å². The third-order valence-corrected chi connectivity index (χ3v) is 4.18. The first-order valence-corrected chi connectivity index (χ1v) is 7.08. The van der Waals surface area contributed by atoms with Crippen molar-refractivity contribution < 1.29 is 4.92 Å². The molecule has 0 saturated heterocycles. The standard InChI is InChI=1S/C15H22N2O2/c1-11(2)12-7-9-13(10-8-12)16-14-5-3-4-6-15(14)17(18)19/h3-6,11-13,16H,7-10H2,1-2H3. The van der Waals surface area contributed by atoms with Crippen molar-refractivity contribution in [1.82, 2.24) is 0 Å². The lowest BCUT2D eigenvalue weighted by atomic mass is 9.79. The van der Waals surface area contributed by atoms with E-state index in [0.717, 1.165) is 24.7 Å². The minimum atomic E-state index is -0.317. The molecular weight excluding hydrogens is 240 g/mol. The molecule has 1 N–H and O–H groups in total. The molecule has 0 bridgehead atoms. The Bertz CT molecular complexity index is 438. The number of anilines is 1. The van der Waals surface area contributed by atoms with Crippen LogP contribution in [0.3, 0.4) is 0 Å². The first kappa shape index (κ1) is 13.8. The predicted octanol–water partition coefficient (Wildman–Crippen LogP) is 4.22. The van der Waals surface area contributed by atoms with Crippen LogP contribution in [0.2, 0.25) is 0 Å². The highest BCUT2D eigenvalue weighted by Crippen LogP contribution is 2.33. The normalized spacial score (nSPS) is 23.3. The van der Waals surface area contributed by atoms with E-state index in [0.29, 0.717) is 11.7 Å². The number of benzene rings is 1. The van der Waals surface area contributed by atoms with Crippen molar-refractivity contribution >= 4 is 11.4 Å². The van der Waals surface area contributed by atoms with Gasteiger partial charge in [-0.3, -0.25) is 10.1 Å². The molecule has 0 aromatic heterocycles. The zero-order valence-electron chi connectivity index (χ0n) is 11.6. The summed E-state index contributed by atoms with van der Waals surface area (Å²) in [4.78, 5) is 10.7. The summed E-state index contributed by atoms with van der Waals surface area (Å²) in [6.45, 7) is 4.56. The van der Waals surface area contributed by atoms with Crippen molar-refractivity contribution in [2.45, 2.75) is 45.6 Å². The summed E-state index contributed by atoms with van der Waals surface area (Å²) in [5.74, 6) is 1.55. The molecule has 1 aliphatic rings. The highest BCUT2D eigenvalue weighted by Gasteiger charge is 2.24. The molecule has 104 valence electrons. The van der Waals surface area contributed by atoms with Crippen LogP contribution in [0.4, 0.5) is 11.4 Å². The van der Waals surface area contributed by atoms with E-state index in [4.69, 9.17) is 0 Å². The van der Waals surface area contributed by atoms with Gasteiger partial charge in [-0.1, -0.05) is 26.0 Å². The van der Waals surface area contributed by atoms with Gasteiger partial charge in [0.25, 0.3) is 5.69 Å². The van der Waals surface area contributed by atoms with E-state index in [-0.39, 0.29) is 10.6 Å². The zero-order valence-corrected chi connectivity index (χ0v) is 11.6. The molecule has 1 aromatic carbocycles. The van der Waals surface area contributed by atoms with Crippen LogP contribution in [-0.2, 0) is 0 Å². The van der Waals surface area contributed by atoms with E-state index in [1.54, 1.807) is 18.2 Å². The minimum absolute atomic E-state index is 0.175. The highest BCUT2D eigenvalue weighted by molar-refractivity contribution is 5.61. The van der Waals surface area contributed by atoms with Gasteiger partial charge in [-0.15, -0.1) is 0 Å². The largest absolute Gasteiger partial charge is 0.377 e. The second-order valence-electron chi connectivity index (χ2n) is 5.77. The van der Waals surface area contributed by atoms with Crippen molar-refractivity contribution in [2.75, 3.05) is 5.32 Å². The minimum Gasteiger partial charge on any atom is -0.377 e. The third-order valence-electron chi connectivity index (χ3n) is 4.18. The quantitative estimate of drug-likeness (QED) is 0.653. The van der Waals surface area contributed by atoms with Gasteiger partial charge in [0.05, 0.1) is 4.92 Å². The Hall–Kier alpha value is -1.58. The van der Waals surface area contributed by atoms with Crippen molar-refractivity contribution in [3.05, 3.63) is 34.4 Å². The maximum absolute atomic E-state index is 11.0. The van der Waals surface area contributed by atoms with Gasteiger partial charge < -0.3 is 5.32 Å². The van der Waals surface area contributed by atoms with Crippen LogP contribution in [0.1, 0.15) is 39.5 Å². The second-order valence-corrected chi connectivity index (χ2v) is 5.77. The van der Waals surface area contributed by atoms with Gasteiger partial charge in [0.2, 0.25) is 0 Å². The third kappa shape index (κ3) is 3.46. The fourth-order valence-corrected chi connectivity index (χ4v) is 2.91. The van der Waals surface area contributed by atoms with Crippen LogP contribution in [0, 0.1) is 22.0 Å². The van der Waals surface area contributed by atoms with E-state index in [9.17, 15) is 10.1 Å². The van der Waals surface area contributed by atoms with Crippen LogP contribution in [0.15, 0.2) is 24.3 Å². The van der Waals surface area contributed by atoms with Gasteiger partial charge in [0.15, 0.2) is 0 Å². The van der Waals surface area contributed by atoms with Gasteiger partial charge in [-0.05, 0) is 43.6 Å². The van der Waals surface area contributed by atoms with E-state index < -0.39 is 0 Å². The Morgan fingerprint density at radius 3 is 2.42 bits per heavy atom. The van der Waals surface area contributed by atoms with Crippen LogP contribution in [-0.4, -0.2) is 11.0 Å². The van der Waals surface area contributed by atoms with Crippen molar-refractivity contribution in [3.8, 4) is 0 Å². The van der Waals surface area contributed by atoms with Crippen molar-refractivity contribution in [1.29, 1.82) is 0 Å². The molecule has 0 amide bonds.